The fourth-order valence-corrected chi connectivity index (χ4v) is 5.69. The molecule has 0 unspecified atom stereocenters. The van der Waals surface area contributed by atoms with E-state index >= 15 is 0 Å². The Morgan fingerprint density at radius 3 is 2.25 bits per heavy atom. The van der Waals surface area contributed by atoms with Crippen LogP contribution >= 0.6 is 0 Å². The SMILES string of the molecule is O=S(=O)(N1CCCCCC1)N1CCN(Cc2nc(-c3cccc(C(F)(F)F)c3)no2)CC1. The number of rotatable bonds is 5. The Hall–Kier alpha value is -2.02. The van der Waals surface area contributed by atoms with Crippen molar-refractivity contribution in [1.82, 2.24) is 23.7 Å². The summed E-state index contributed by atoms with van der Waals surface area (Å²) in [7, 11) is -3.46. The molecule has 0 spiro atoms. The van der Waals surface area contributed by atoms with E-state index in [2.05, 4.69) is 10.1 Å². The van der Waals surface area contributed by atoms with Crippen LogP contribution in [0.15, 0.2) is 28.8 Å². The number of piperazine rings is 1. The van der Waals surface area contributed by atoms with Crippen molar-refractivity contribution in [3.8, 4) is 11.4 Å². The standard InChI is InChI=1S/C20H26F3N5O3S/c21-20(22,23)17-7-5-6-16(14-17)19-24-18(31-25-19)15-26-10-12-28(13-11-26)32(29,30)27-8-3-1-2-4-9-27/h5-7,14H,1-4,8-13,15H2. The topological polar surface area (TPSA) is 82.8 Å². The van der Waals surface area contributed by atoms with Crippen molar-refractivity contribution < 1.29 is 26.1 Å². The molecular formula is C20H26F3N5O3S. The van der Waals surface area contributed by atoms with Crippen molar-refractivity contribution in [3.63, 3.8) is 0 Å². The predicted octanol–water partition coefficient (Wildman–Crippen LogP) is 2.99. The van der Waals surface area contributed by atoms with Crippen molar-refractivity contribution in [3.05, 3.63) is 35.7 Å². The molecule has 0 aliphatic carbocycles. The van der Waals surface area contributed by atoms with Gasteiger partial charge < -0.3 is 4.52 Å². The van der Waals surface area contributed by atoms with Gasteiger partial charge in [-0.2, -0.15) is 35.2 Å². The number of aromatic nitrogens is 2. The molecule has 2 aromatic rings. The monoisotopic (exact) mass is 473 g/mol. The second-order valence-corrected chi connectivity index (χ2v) is 10.0. The molecule has 4 rings (SSSR count). The molecule has 8 nitrogen and oxygen atoms in total. The predicted molar refractivity (Wildman–Crippen MR) is 111 cm³/mol. The summed E-state index contributed by atoms with van der Waals surface area (Å²) in [6, 6.07) is 4.78. The molecule has 176 valence electrons. The van der Waals surface area contributed by atoms with Gasteiger partial charge in [0, 0.05) is 44.8 Å². The van der Waals surface area contributed by atoms with E-state index in [-0.39, 0.29) is 17.3 Å². The Bertz CT molecular complexity index is 1010. The van der Waals surface area contributed by atoms with Gasteiger partial charge in [0.1, 0.15) is 0 Å². The van der Waals surface area contributed by atoms with Gasteiger partial charge >= 0.3 is 6.18 Å². The summed E-state index contributed by atoms with van der Waals surface area (Å²) >= 11 is 0. The molecule has 0 atom stereocenters. The first-order chi connectivity index (χ1) is 15.2. The van der Waals surface area contributed by atoms with E-state index in [0.717, 1.165) is 37.8 Å². The smallest absolute Gasteiger partial charge is 0.338 e. The van der Waals surface area contributed by atoms with E-state index in [4.69, 9.17) is 4.52 Å². The van der Waals surface area contributed by atoms with Gasteiger partial charge in [0.25, 0.3) is 10.2 Å². The van der Waals surface area contributed by atoms with Crippen LogP contribution in [-0.2, 0) is 22.9 Å². The van der Waals surface area contributed by atoms with Crippen LogP contribution in [0.1, 0.15) is 37.1 Å². The molecule has 2 aliphatic heterocycles. The second kappa shape index (κ2) is 9.46. The van der Waals surface area contributed by atoms with E-state index in [1.54, 1.807) is 4.31 Å². The molecule has 0 saturated carbocycles. The van der Waals surface area contributed by atoms with E-state index in [1.165, 1.54) is 16.4 Å². The summed E-state index contributed by atoms with van der Waals surface area (Å²) in [5.41, 5.74) is -0.550. The number of halogens is 3. The molecule has 12 heteroatoms. The van der Waals surface area contributed by atoms with Crippen LogP contribution in [0.3, 0.4) is 0 Å². The number of hydrogen-bond acceptors (Lipinski definition) is 6. The van der Waals surface area contributed by atoms with Gasteiger partial charge in [0.15, 0.2) is 0 Å². The number of hydrogen-bond donors (Lipinski definition) is 0. The first-order valence-electron chi connectivity index (χ1n) is 10.7. The Morgan fingerprint density at radius 1 is 0.938 bits per heavy atom. The van der Waals surface area contributed by atoms with E-state index in [0.29, 0.717) is 45.8 Å². The lowest BCUT2D eigenvalue weighted by Crippen LogP contribution is -2.52. The van der Waals surface area contributed by atoms with Crippen LogP contribution in [-0.4, -0.2) is 71.3 Å². The van der Waals surface area contributed by atoms with Gasteiger partial charge in [0.2, 0.25) is 11.7 Å². The largest absolute Gasteiger partial charge is 0.416 e. The van der Waals surface area contributed by atoms with Gasteiger partial charge in [0.05, 0.1) is 12.1 Å². The van der Waals surface area contributed by atoms with Crippen molar-refractivity contribution in [2.45, 2.75) is 38.4 Å². The minimum absolute atomic E-state index is 0.0912. The lowest BCUT2D eigenvalue weighted by Gasteiger charge is -2.35. The van der Waals surface area contributed by atoms with Crippen molar-refractivity contribution >= 4 is 10.2 Å². The summed E-state index contributed by atoms with van der Waals surface area (Å²) < 4.78 is 73.0. The molecule has 0 radical (unpaired) electrons. The molecule has 2 aliphatic rings. The van der Waals surface area contributed by atoms with Crippen LogP contribution < -0.4 is 0 Å². The molecule has 0 N–H and O–H groups in total. The normalized spacial score (nSPS) is 20.3. The molecule has 1 aromatic carbocycles. The summed E-state index contributed by atoms with van der Waals surface area (Å²) in [4.78, 5) is 6.22. The highest BCUT2D eigenvalue weighted by Crippen LogP contribution is 2.31. The highest BCUT2D eigenvalue weighted by molar-refractivity contribution is 7.86. The minimum Gasteiger partial charge on any atom is -0.338 e. The highest BCUT2D eigenvalue weighted by Gasteiger charge is 2.33. The van der Waals surface area contributed by atoms with Crippen LogP contribution in [0.25, 0.3) is 11.4 Å². The summed E-state index contributed by atoms with van der Waals surface area (Å²) in [5, 5.41) is 3.81. The third-order valence-corrected chi connectivity index (χ3v) is 7.86. The number of alkyl halides is 3. The van der Waals surface area contributed by atoms with E-state index < -0.39 is 21.9 Å². The highest BCUT2D eigenvalue weighted by atomic mass is 32.2. The molecule has 2 saturated heterocycles. The molecule has 2 fully saturated rings. The van der Waals surface area contributed by atoms with Crippen molar-refractivity contribution in [2.24, 2.45) is 0 Å². The Morgan fingerprint density at radius 2 is 1.59 bits per heavy atom. The number of nitrogens with zero attached hydrogens (tertiary/aromatic N) is 5. The lowest BCUT2D eigenvalue weighted by molar-refractivity contribution is -0.137. The van der Waals surface area contributed by atoms with Crippen LogP contribution in [0.5, 0.6) is 0 Å². The zero-order valence-electron chi connectivity index (χ0n) is 17.6. The Kier molecular flexibility index (Phi) is 6.84. The van der Waals surface area contributed by atoms with Crippen LogP contribution in [0.4, 0.5) is 13.2 Å². The maximum absolute atomic E-state index is 12.9. The van der Waals surface area contributed by atoms with Gasteiger partial charge in [-0.1, -0.05) is 30.1 Å². The maximum Gasteiger partial charge on any atom is 0.416 e. The average Bonchev–Trinajstić information content (AvgIpc) is 3.05. The fourth-order valence-electron chi connectivity index (χ4n) is 4.02. The van der Waals surface area contributed by atoms with Gasteiger partial charge in [-0.25, -0.2) is 0 Å². The van der Waals surface area contributed by atoms with Crippen LogP contribution in [0.2, 0.25) is 0 Å². The van der Waals surface area contributed by atoms with Gasteiger partial charge in [-0.05, 0) is 25.0 Å². The molecule has 3 heterocycles. The Labute approximate surface area is 185 Å². The van der Waals surface area contributed by atoms with Gasteiger partial charge in [-0.3, -0.25) is 4.90 Å². The van der Waals surface area contributed by atoms with E-state index in [1.807, 2.05) is 4.90 Å². The quantitative estimate of drug-likeness (QED) is 0.664. The second-order valence-electron chi connectivity index (χ2n) is 8.09. The Balaban J connectivity index is 1.35. The summed E-state index contributed by atoms with van der Waals surface area (Å²) in [6.07, 6.45) is -0.538. The molecule has 32 heavy (non-hydrogen) atoms. The van der Waals surface area contributed by atoms with Crippen molar-refractivity contribution in [2.75, 3.05) is 39.3 Å². The summed E-state index contributed by atoms with van der Waals surface area (Å²) in [6.45, 7) is 3.21. The molecule has 1 aromatic heterocycles. The molecular weight excluding hydrogens is 447 g/mol. The zero-order chi connectivity index (χ0) is 22.8. The number of benzene rings is 1. The summed E-state index contributed by atoms with van der Waals surface area (Å²) in [5.74, 6) is 0.370. The maximum atomic E-state index is 12.9. The van der Waals surface area contributed by atoms with Gasteiger partial charge in [-0.15, -0.1) is 0 Å². The zero-order valence-corrected chi connectivity index (χ0v) is 18.4. The van der Waals surface area contributed by atoms with E-state index in [9.17, 15) is 21.6 Å². The first-order valence-corrected chi connectivity index (χ1v) is 12.1. The third kappa shape index (κ3) is 5.30. The fraction of sp³-hybridized carbons (Fsp3) is 0.600. The average molecular weight is 474 g/mol. The van der Waals surface area contributed by atoms with Crippen molar-refractivity contribution in [1.29, 1.82) is 0 Å². The third-order valence-electron chi connectivity index (χ3n) is 5.82. The van der Waals surface area contributed by atoms with Crippen LogP contribution in [0, 0.1) is 0 Å². The molecule has 0 bridgehead atoms. The first kappa shape index (κ1) is 23.1. The molecule has 0 amide bonds. The minimum atomic E-state index is -4.45. The lowest BCUT2D eigenvalue weighted by atomic mass is 10.1.